The molecule has 0 saturated heterocycles. The van der Waals surface area contributed by atoms with Crippen LogP contribution in [0.15, 0.2) is 6.07 Å². The molecule has 0 atom stereocenters. The van der Waals surface area contributed by atoms with Crippen molar-refractivity contribution in [2.45, 2.75) is 33.6 Å². The Hall–Kier alpha value is -1.38. The van der Waals surface area contributed by atoms with Crippen molar-refractivity contribution in [2.75, 3.05) is 0 Å². The van der Waals surface area contributed by atoms with E-state index >= 15 is 0 Å². The molecule has 1 heterocycles. The van der Waals surface area contributed by atoms with Gasteiger partial charge in [-0.15, -0.1) is 0 Å². The smallest absolute Gasteiger partial charge is 0.354 e. The van der Waals surface area contributed by atoms with Crippen molar-refractivity contribution in [2.24, 2.45) is 0 Å². The molecule has 0 aliphatic rings. The van der Waals surface area contributed by atoms with E-state index in [1.54, 1.807) is 6.07 Å². The number of aromatic carboxylic acids is 1. The number of rotatable bonds is 2. The van der Waals surface area contributed by atoms with Gasteiger partial charge in [-0.25, -0.2) is 9.78 Å². The van der Waals surface area contributed by atoms with E-state index in [9.17, 15) is 4.79 Å². The molecule has 3 nitrogen and oxygen atoms in total. The van der Waals surface area contributed by atoms with Crippen LogP contribution in [-0.2, 0) is 0 Å². The predicted molar refractivity (Wildman–Crippen MR) is 54.8 cm³/mol. The molecule has 1 rings (SSSR count). The van der Waals surface area contributed by atoms with Gasteiger partial charge in [-0.2, -0.15) is 0 Å². The average molecular weight is 193 g/mol. The van der Waals surface area contributed by atoms with Crippen LogP contribution in [0.2, 0.25) is 0 Å². The second kappa shape index (κ2) is 3.78. The lowest BCUT2D eigenvalue weighted by atomic mass is 9.96. The number of pyridine rings is 1. The van der Waals surface area contributed by atoms with Crippen LogP contribution in [-0.4, -0.2) is 16.1 Å². The maximum absolute atomic E-state index is 10.7. The first-order chi connectivity index (χ1) is 6.43. The normalized spacial score (nSPS) is 10.6. The molecule has 3 heteroatoms. The Labute approximate surface area is 83.8 Å². The third-order valence-electron chi connectivity index (χ3n) is 2.25. The summed E-state index contributed by atoms with van der Waals surface area (Å²) in [6.07, 6.45) is 0. The average Bonchev–Trinajstić information content (AvgIpc) is 2.01. The van der Waals surface area contributed by atoms with Gasteiger partial charge in [0.25, 0.3) is 0 Å². The maximum atomic E-state index is 10.7. The summed E-state index contributed by atoms with van der Waals surface area (Å²) in [5, 5.41) is 8.80. The second-order valence-corrected chi connectivity index (χ2v) is 3.78. The molecule has 0 aliphatic carbocycles. The van der Waals surface area contributed by atoms with Gasteiger partial charge in [0.1, 0.15) is 5.69 Å². The lowest BCUT2D eigenvalue weighted by Crippen LogP contribution is -2.06. The van der Waals surface area contributed by atoms with Crippen molar-refractivity contribution < 1.29 is 9.90 Å². The zero-order chi connectivity index (χ0) is 10.9. The summed E-state index contributed by atoms with van der Waals surface area (Å²) >= 11 is 0. The third kappa shape index (κ3) is 1.92. The third-order valence-corrected chi connectivity index (χ3v) is 2.25. The van der Waals surface area contributed by atoms with Gasteiger partial charge in [-0.1, -0.05) is 13.8 Å². The fraction of sp³-hybridized carbons (Fsp3) is 0.455. The zero-order valence-corrected chi connectivity index (χ0v) is 8.96. The fourth-order valence-corrected chi connectivity index (χ4v) is 1.82. The molecule has 0 amide bonds. The highest BCUT2D eigenvalue weighted by Crippen LogP contribution is 2.22. The molecule has 0 spiro atoms. The van der Waals surface area contributed by atoms with E-state index in [-0.39, 0.29) is 5.69 Å². The number of hydrogen-bond acceptors (Lipinski definition) is 2. The number of nitrogens with zero attached hydrogens (tertiary/aromatic N) is 1. The summed E-state index contributed by atoms with van der Waals surface area (Å²) in [6.45, 7) is 7.94. The van der Waals surface area contributed by atoms with Crippen molar-refractivity contribution in [3.8, 4) is 0 Å². The summed E-state index contributed by atoms with van der Waals surface area (Å²) in [6, 6.07) is 1.63. The molecule has 1 aromatic rings. The van der Waals surface area contributed by atoms with Crippen LogP contribution in [0.25, 0.3) is 0 Å². The number of aromatic nitrogens is 1. The molecule has 0 radical (unpaired) electrons. The SMILES string of the molecule is Cc1cc(C(=O)O)nc(C)c1C(C)C. The molecule has 76 valence electrons. The first-order valence-corrected chi connectivity index (χ1v) is 4.65. The highest BCUT2D eigenvalue weighted by atomic mass is 16.4. The van der Waals surface area contributed by atoms with Gasteiger partial charge < -0.3 is 5.11 Å². The van der Waals surface area contributed by atoms with Gasteiger partial charge in [0.2, 0.25) is 0 Å². The van der Waals surface area contributed by atoms with E-state index < -0.39 is 5.97 Å². The molecule has 0 fully saturated rings. The Morgan fingerprint density at radius 1 is 1.43 bits per heavy atom. The molecule has 0 bridgehead atoms. The Bertz CT molecular complexity index is 347. The zero-order valence-electron chi connectivity index (χ0n) is 8.96. The molecule has 0 aliphatic heterocycles. The second-order valence-electron chi connectivity index (χ2n) is 3.78. The summed E-state index contributed by atoms with van der Waals surface area (Å²) in [5.74, 6) is -0.586. The number of carboxylic acid groups (broad SMARTS) is 1. The van der Waals surface area contributed by atoms with E-state index in [0.29, 0.717) is 5.92 Å². The summed E-state index contributed by atoms with van der Waals surface area (Å²) in [7, 11) is 0. The molecule has 0 aromatic carbocycles. The number of carboxylic acids is 1. The summed E-state index contributed by atoms with van der Waals surface area (Å²) < 4.78 is 0. The topological polar surface area (TPSA) is 50.2 Å². The Kier molecular flexibility index (Phi) is 2.89. The summed E-state index contributed by atoms with van der Waals surface area (Å²) in [5.41, 5.74) is 3.10. The lowest BCUT2D eigenvalue weighted by molar-refractivity contribution is 0.0690. The van der Waals surface area contributed by atoms with E-state index in [1.807, 2.05) is 13.8 Å². The van der Waals surface area contributed by atoms with Gasteiger partial charge in [-0.3, -0.25) is 0 Å². The molecule has 1 aromatic heterocycles. The molecular weight excluding hydrogens is 178 g/mol. The maximum Gasteiger partial charge on any atom is 0.354 e. The molecule has 14 heavy (non-hydrogen) atoms. The van der Waals surface area contributed by atoms with Crippen molar-refractivity contribution in [3.05, 3.63) is 28.6 Å². The monoisotopic (exact) mass is 193 g/mol. The van der Waals surface area contributed by atoms with Crippen molar-refractivity contribution in [1.29, 1.82) is 0 Å². The highest BCUT2D eigenvalue weighted by molar-refractivity contribution is 5.85. The van der Waals surface area contributed by atoms with Gasteiger partial charge in [-0.05, 0) is 37.0 Å². The van der Waals surface area contributed by atoms with E-state index in [1.165, 1.54) is 0 Å². The summed E-state index contributed by atoms with van der Waals surface area (Å²) in [4.78, 5) is 14.8. The van der Waals surface area contributed by atoms with Crippen molar-refractivity contribution in [3.63, 3.8) is 0 Å². The molecule has 0 unspecified atom stereocenters. The largest absolute Gasteiger partial charge is 0.477 e. The van der Waals surface area contributed by atoms with Crippen LogP contribution in [0.3, 0.4) is 0 Å². The van der Waals surface area contributed by atoms with Crippen LogP contribution >= 0.6 is 0 Å². The number of hydrogen-bond donors (Lipinski definition) is 1. The van der Waals surface area contributed by atoms with E-state index in [0.717, 1.165) is 16.8 Å². The van der Waals surface area contributed by atoms with Crippen molar-refractivity contribution >= 4 is 5.97 Å². The van der Waals surface area contributed by atoms with Gasteiger partial charge in [0.15, 0.2) is 0 Å². The Balaban J connectivity index is 3.32. The quantitative estimate of drug-likeness (QED) is 0.785. The van der Waals surface area contributed by atoms with Gasteiger partial charge in [0, 0.05) is 5.69 Å². The minimum absolute atomic E-state index is 0.129. The number of aryl methyl sites for hydroxylation is 2. The first kappa shape index (κ1) is 10.7. The Morgan fingerprint density at radius 2 is 2.00 bits per heavy atom. The van der Waals surface area contributed by atoms with Crippen LogP contribution in [0, 0.1) is 13.8 Å². The fourth-order valence-electron chi connectivity index (χ4n) is 1.82. The number of carbonyl (C=O) groups is 1. The van der Waals surface area contributed by atoms with Gasteiger partial charge in [0.05, 0.1) is 0 Å². The predicted octanol–water partition coefficient (Wildman–Crippen LogP) is 2.52. The standard InChI is InChI=1S/C11H15NO2/c1-6(2)10-7(3)5-9(11(13)14)12-8(10)4/h5-6H,1-4H3,(H,13,14). The Morgan fingerprint density at radius 3 is 2.36 bits per heavy atom. The van der Waals surface area contributed by atoms with Crippen LogP contribution in [0.4, 0.5) is 0 Å². The van der Waals surface area contributed by atoms with Crippen LogP contribution < -0.4 is 0 Å². The van der Waals surface area contributed by atoms with Gasteiger partial charge >= 0.3 is 5.97 Å². The minimum atomic E-state index is -0.966. The van der Waals surface area contributed by atoms with E-state index in [2.05, 4.69) is 18.8 Å². The highest BCUT2D eigenvalue weighted by Gasteiger charge is 2.13. The first-order valence-electron chi connectivity index (χ1n) is 4.65. The molecule has 1 N–H and O–H groups in total. The minimum Gasteiger partial charge on any atom is -0.477 e. The lowest BCUT2D eigenvalue weighted by Gasteiger charge is -2.13. The van der Waals surface area contributed by atoms with Crippen molar-refractivity contribution in [1.82, 2.24) is 4.98 Å². The van der Waals surface area contributed by atoms with E-state index in [4.69, 9.17) is 5.11 Å². The van der Waals surface area contributed by atoms with Crippen LogP contribution in [0.1, 0.15) is 47.1 Å². The molecule has 0 saturated carbocycles. The molecular formula is C11H15NO2. The van der Waals surface area contributed by atoms with Crippen LogP contribution in [0.5, 0.6) is 0 Å².